The van der Waals surface area contributed by atoms with Gasteiger partial charge in [-0.25, -0.2) is 13.0 Å². The van der Waals surface area contributed by atoms with Gasteiger partial charge in [-0.2, -0.15) is 0 Å². The Balaban J connectivity index is 2.88. The molecule has 0 unspecified atom stereocenters. The molecule has 0 radical (unpaired) electrons. The smallest absolute Gasteiger partial charge is 0.169 e. The lowest BCUT2D eigenvalue weighted by molar-refractivity contribution is -0.671. The van der Waals surface area contributed by atoms with Crippen molar-refractivity contribution in [3.8, 4) is 0 Å². The van der Waals surface area contributed by atoms with Crippen LogP contribution in [0.2, 0.25) is 0 Å². The summed E-state index contributed by atoms with van der Waals surface area (Å²) in [5.41, 5.74) is 0.878. The summed E-state index contributed by atoms with van der Waals surface area (Å²) in [7, 11) is -1.11. The van der Waals surface area contributed by atoms with Crippen molar-refractivity contribution >= 4 is 15.9 Å². The fourth-order valence-electron chi connectivity index (χ4n) is 0.826. The molecule has 0 bridgehead atoms. The first-order valence-corrected chi connectivity index (χ1v) is 5.76. The van der Waals surface area contributed by atoms with Crippen LogP contribution in [0.1, 0.15) is 5.56 Å². The average molecular weight is 198 g/mol. The second-order valence-corrected chi connectivity index (χ2v) is 4.86. The monoisotopic (exact) mass is 198 g/mol. The molecule has 0 saturated carbocycles. The van der Waals surface area contributed by atoms with Crippen molar-refractivity contribution in [1.29, 1.82) is 0 Å². The van der Waals surface area contributed by atoms with Gasteiger partial charge in [-0.15, -0.1) is 0 Å². The molecule has 0 N–H and O–H groups in total. The number of hydrogen-bond donors (Lipinski definition) is 0. The average Bonchev–Trinajstić information content (AvgIpc) is 2.02. The van der Waals surface area contributed by atoms with E-state index < -0.39 is 9.84 Å². The van der Waals surface area contributed by atoms with Gasteiger partial charge in [-0.05, 0) is 11.6 Å². The fraction of sp³-hybridized carbons (Fsp3) is 0.222. The van der Waals surface area contributed by atoms with Crippen LogP contribution in [-0.4, -0.2) is 14.7 Å². The van der Waals surface area contributed by atoms with E-state index in [1.165, 1.54) is 11.7 Å². The zero-order chi connectivity index (χ0) is 9.90. The minimum absolute atomic E-state index is 0.878. The first-order valence-electron chi connectivity index (χ1n) is 3.81. The molecule has 0 aromatic carbocycles. The molecule has 4 heteroatoms. The number of hydrogen-bond acceptors (Lipinski definition) is 2. The van der Waals surface area contributed by atoms with E-state index in [9.17, 15) is 8.42 Å². The zero-order valence-corrected chi connectivity index (χ0v) is 8.45. The molecule has 0 spiro atoms. The lowest BCUT2D eigenvalue weighted by Crippen LogP contribution is -2.25. The summed E-state index contributed by atoms with van der Waals surface area (Å²) >= 11 is 0. The van der Waals surface area contributed by atoms with Crippen LogP contribution in [0.25, 0.3) is 6.08 Å². The van der Waals surface area contributed by atoms with Crippen LogP contribution >= 0.6 is 0 Å². The third-order valence-electron chi connectivity index (χ3n) is 1.51. The second kappa shape index (κ2) is 3.70. The molecule has 0 aliphatic carbocycles. The van der Waals surface area contributed by atoms with Gasteiger partial charge in [0.2, 0.25) is 0 Å². The second-order valence-electron chi connectivity index (χ2n) is 2.93. The van der Waals surface area contributed by atoms with E-state index in [4.69, 9.17) is 0 Å². The SMILES string of the molecule is C[n+]1ccc(/C=C/S(C)(=O)=O)cc1. The van der Waals surface area contributed by atoms with Gasteiger partial charge in [0.05, 0.1) is 0 Å². The van der Waals surface area contributed by atoms with Crippen molar-refractivity contribution in [3.05, 3.63) is 35.5 Å². The maximum atomic E-state index is 10.8. The van der Waals surface area contributed by atoms with Gasteiger partial charge in [0, 0.05) is 23.8 Å². The topological polar surface area (TPSA) is 38.0 Å². The first kappa shape index (κ1) is 9.92. The van der Waals surface area contributed by atoms with Crippen molar-refractivity contribution in [2.75, 3.05) is 6.26 Å². The van der Waals surface area contributed by atoms with Crippen molar-refractivity contribution in [2.24, 2.45) is 7.05 Å². The Bertz CT molecular complexity index is 404. The lowest BCUT2D eigenvalue weighted by Gasteiger charge is -1.90. The number of aryl methyl sites for hydroxylation is 1. The van der Waals surface area contributed by atoms with Gasteiger partial charge < -0.3 is 0 Å². The number of pyridine rings is 1. The molecule has 1 rings (SSSR count). The van der Waals surface area contributed by atoms with E-state index in [-0.39, 0.29) is 0 Å². The van der Waals surface area contributed by atoms with E-state index in [1.807, 2.05) is 36.1 Å². The molecule has 3 nitrogen and oxygen atoms in total. The maximum absolute atomic E-state index is 10.8. The quantitative estimate of drug-likeness (QED) is 0.650. The summed E-state index contributed by atoms with van der Waals surface area (Å²) in [6.45, 7) is 0. The molecule has 1 aromatic rings. The highest BCUT2D eigenvalue weighted by Crippen LogP contribution is 1.99. The van der Waals surface area contributed by atoms with Crippen LogP contribution in [0.4, 0.5) is 0 Å². The van der Waals surface area contributed by atoms with E-state index in [0.717, 1.165) is 5.56 Å². The summed E-state index contributed by atoms with van der Waals surface area (Å²) in [5, 5.41) is 1.20. The van der Waals surface area contributed by atoms with Crippen molar-refractivity contribution in [2.45, 2.75) is 0 Å². The zero-order valence-electron chi connectivity index (χ0n) is 7.64. The lowest BCUT2D eigenvalue weighted by atomic mass is 10.3. The Morgan fingerprint density at radius 1 is 1.31 bits per heavy atom. The highest BCUT2D eigenvalue weighted by atomic mass is 32.2. The first-order chi connectivity index (χ1) is 5.97. The number of nitrogens with zero attached hydrogens (tertiary/aromatic N) is 1. The summed E-state index contributed by atoms with van der Waals surface area (Å²) in [4.78, 5) is 0. The Hall–Kier alpha value is -1.16. The Morgan fingerprint density at radius 3 is 2.31 bits per heavy atom. The van der Waals surface area contributed by atoms with Crippen LogP contribution < -0.4 is 4.57 Å². The molecule has 13 heavy (non-hydrogen) atoms. The number of sulfone groups is 1. The highest BCUT2D eigenvalue weighted by Gasteiger charge is 1.95. The third-order valence-corrected chi connectivity index (χ3v) is 2.14. The Kier molecular flexibility index (Phi) is 2.83. The molecular formula is C9H12NO2S+. The van der Waals surface area contributed by atoms with Crippen molar-refractivity contribution in [3.63, 3.8) is 0 Å². The molecule has 0 amide bonds. The van der Waals surface area contributed by atoms with Crippen LogP contribution in [-0.2, 0) is 16.9 Å². The van der Waals surface area contributed by atoms with Gasteiger partial charge in [-0.3, -0.25) is 0 Å². The predicted octanol–water partition coefficient (Wildman–Crippen LogP) is 0.526. The summed E-state index contributed by atoms with van der Waals surface area (Å²) in [5.74, 6) is 0. The van der Waals surface area contributed by atoms with E-state index in [1.54, 1.807) is 6.08 Å². The molecule has 1 aromatic heterocycles. The minimum Gasteiger partial charge on any atom is -0.225 e. The fourth-order valence-corrected chi connectivity index (χ4v) is 1.23. The number of rotatable bonds is 2. The third kappa shape index (κ3) is 3.85. The van der Waals surface area contributed by atoms with Crippen molar-refractivity contribution in [1.82, 2.24) is 0 Å². The van der Waals surface area contributed by atoms with E-state index in [0.29, 0.717) is 0 Å². The van der Waals surface area contributed by atoms with Crippen LogP contribution in [0.3, 0.4) is 0 Å². The maximum Gasteiger partial charge on any atom is 0.169 e. The van der Waals surface area contributed by atoms with Gasteiger partial charge in [0.25, 0.3) is 0 Å². The molecule has 0 saturated heterocycles. The molecule has 0 aliphatic rings. The molecule has 0 aliphatic heterocycles. The standard InChI is InChI=1S/C9H12NO2S/c1-10-6-3-9(4-7-10)5-8-13(2,11)12/h3-8H,1-2H3/q+1/b8-5+. The largest absolute Gasteiger partial charge is 0.225 e. The molecule has 70 valence electrons. The van der Waals surface area contributed by atoms with Gasteiger partial charge >= 0.3 is 0 Å². The molecule has 0 atom stereocenters. The summed E-state index contributed by atoms with van der Waals surface area (Å²) in [6.07, 6.45) is 6.48. The summed E-state index contributed by atoms with van der Waals surface area (Å²) in [6, 6.07) is 3.70. The van der Waals surface area contributed by atoms with Crippen LogP contribution in [0, 0.1) is 0 Å². The van der Waals surface area contributed by atoms with Crippen LogP contribution in [0.15, 0.2) is 29.9 Å². The van der Waals surface area contributed by atoms with E-state index >= 15 is 0 Å². The molecule has 1 heterocycles. The van der Waals surface area contributed by atoms with Crippen molar-refractivity contribution < 1.29 is 13.0 Å². The normalized spacial score (nSPS) is 12.2. The summed E-state index contributed by atoms with van der Waals surface area (Å²) < 4.78 is 23.4. The number of aromatic nitrogens is 1. The minimum atomic E-state index is -3.02. The van der Waals surface area contributed by atoms with Crippen LogP contribution in [0.5, 0.6) is 0 Å². The Morgan fingerprint density at radius 2 is 1.85 bits per heavy atom. The van der Waals surface area contributed by atoms with Gasteiger partial charge in [-0.1, -0.05) is 0 Å². The highest BCUT2D eigenvalue weighted by molar-refractivity contribution is 7.93. The van der Waals surface area contributed by atoms with E-state index in [2.05, 4.69) is 0 Å². The molecule has 0 fully saturated rings. The van der Waals surface area contributed by atoms with Gasteiger partial charge in [0.1, 0.15) is 7.05 Å². The predicted molar refractivity (Wildman–Crippen MR) is 51.5 cm³/mol. The van der Waals surface area contributed by atoms with Gasteiger partial charge in [0.15, 0.2) is 22.2 Å². The molecular weight excluding hydrogens is 186 g/mol. The Labute approximate surface area is 78.3 Å².